The van der Waals surface area contributed by atoms with Crippen LogP contribution in [0.15, 0.2) is 28.7 Å². The molecule has 7 heteroatoms. The Bertz CT molecular complexity index is 526. The van der Waals surface area contributed by atoms with E-state index in [9.17, 15) is 4.79 Å². The normalized spacial score (nSPS) is 10.1. The Labute approximate surface area is 98.4 Å². The van der Waals surface area contributed by atoms with E-state index < -0.39 is 5.97 Å². The molecule has 0 saturated heterocycles. The summed E-state index contributed by atoms with van der Waals surface area (Å²) >= 11 is 3.28. The largest absolute Gasteiger partial charge is 0.476 e. The van der Waals surface area contributed by atoms with Crippen LogP contribution in [0.3, 0.4) is 0 Å². The molecule has 0 bridgehead atoms. The van der Waals surface area contributed by atoms with Crippen molar-refractivity contribution >= 4 is 21.9 Å². The molecule has 82 valence electrons. The molecule has 0 atom stereocenters. The van der Waals surface area contributed by atoms with Gasteiger partial charge in [-0.25, -0.2) is 9.89 Å². The lowest BCUT2D eigenvalue weighted by molar-refractivity contribution is 0.0687. The van der Waals surface area contributed by atoms with Gasteiger partial charge in [-0.15, -0.1) is 5.10 Å². The molecule has 0 saturated carbocycles. The van der Waals surface area contributed by atoms with E-state index in [1.54, 1.807) is 18.2 Å². The first-order chi connectivity index (χ1) is 7.66. The molecular formula is C9H6BrN3O3. The highest BCUT2D eigenvalue weighted by Crippen LogP contribution is 2.24. The summed E-state index contributed by atoms with van der Waals surface area (Å²) in [4.78, 5) is 10.7. The van der Waals surface area contributed by atoms with Crippen molar-refractivity contribution in [3.05, 3.63) is 34.4 Å². The molecule has 2 N–H and O–H groups in total. The SMILES string of the molecule is O=C(O)c1nn[nH]c1Oc1cccc(Br)c1. The van der Waals surface area contributed by atoms with Crippen molar-refractivity contribution in [1.82, 2.24) is 15.4 Å². The van der Waals surface area contributed by atoms with Crippen LogP contribution in [-0.2, 0) is 0 Å². The first-order valence-electron chi connectivity index (χ1n) is 4.24. The molecule has 16 heavy (non-hydrogen) atoms. The van der Waals surface area contributed by atoms with Crippen molar-refractivity contribution in [3.8, 4) is 11.6 Å². The second-order valence-corrected chi connectivity index (χ2v) is 3.77. The number of aromatic nitrogens is 3. The number of benzene rings is 1. The number of carboxylic acid groups (broad SMARTS) is 1. The summed E-state index contributed by atoms with van der Waals surface area (Å²) in [5.74, 6) is -0.702. The lowest BCUT2D eigenvalue weighted by atomic mass is 10.3. The lowest BCUT2D eigenvalue weighted by Gasteiger charge is -2.02. The Morgan fingerprint density at radius 2 is 2.31 bits per heavy atom. The molecule has 1 aromatic carbocycles. The number of H-pyrrole nitrogens is 1. The average molecular weight is 284 g/mol. The van der Waals surface area contributed by atoms with Crippen molar-refractivity contribution in [3.63, 3.8) is 0 Å². The number of hydrogen-bond donors (Lipinski definition) is 2. The molecule has 0 aliphatic carbocycles. The van der Waals surface area contributed by atoms with Gasteiger partial charge in [-0.05, 0) is 18.2 Å². The summed E-state index contributed by atoms with van der Waals surface area (Å²) in [5.41, 5.74) is -0.250. The number of halogens is 1. The second kappa shape index (κ2) is 4.31. The Balaban J connectivity index is 2.27. The van der Waals surface area contributed by atoms with Crippen molar-refractivity contribution in [2.75, 3.05) is 0 Å². The maximum Gasteiger partial charge on any atom is 0.362 e. The van der Waals surface area contributed by atoms with Crippen molar-refractivity contribution < 1.29 is 14.6 Å². The predicted octanol–water partition coefficient (Wildman–Crippen LogP) is 2.06. The first-order valence-corrected chi connectivity index (χ1v) is 5.04. The van der Waals surface area contributed by atoms with Gasteiger partial charge < -0.3 is 9.84 Å². The third-order valence-corrected chi connectivity index (χ3v) is 2.23. The van der Waals surface area contributed by atoms with Crippen molar-refractivity contribution in [1.29, 1.82) is 0 Å². The van der Waals surface area contributed by atoms with E-state index in [1.807, 2.05) is 6.07 Å². The van der Waals surface area contributed by atoms with Crippen LogP contribution in [0.25, 0.3) is 0 Å². The van der Waals surface area contributed by atoms with Gasteiger partial charge in [0, 0.05) is 4.47 Å². The van der Waals surface area contributed by atoms with E-state index >= 15 is 0 Å². The number of aromatic amines is 1. The number of nitrogens with zero attached hydrogens (tertiary/aromatic N) is 2. The summed E-state index contributed by atoms with van der Waals surface area (Å²) in [7, 11) is 0. The van der Waals surface area contributed by atoms with E-state index in [0.717, 1.165) is 4.47 Å². The Morgan fingerprint density at radius 3 is 3.00 bits per heavy atom. The molecule has 0 unspecified atom stereocenters. The maximum absolute atomic E-state index is 10.7. The molecule has 2 rings (SSSR count). The minimum atomic E-state index is -1.20. The van der Waals surface area contributed by atoms with Gasteiger partial charge in [0.25, 0.3) is 5.88 Å². The predicted molar refractivity (Wildman–Crippen MR) is 57.6 cm³/mol. The minimum absolute atomic E-state index is 0.00519. The molecule has 0 fully saturated rings. The molecule has 1 heterocycles. The van der Waals surface area contributed by atoms with Crippen LogP contribution in [0.1, 0.15) is 10.5 Å². The number of carbonyl (C=O) groups is 1. The summed E-state index contributed by atoms with van der Waals surface area (Å²) < 4.78 is 6.13. The van der Waals surface area contributed by atoms with Crippen LogP contribution >= 0.6 is 15.9 Å². The van der Waals surface area contributed by atoms with E-state index in [1.165, 1.54) is 0 Å². The summed E-state index contributed by atoms with van der Waals surface area (Å²) in [6.07, 6.45) is 0. The van der Waals surface area contributed by atoms with Crippen LogP contribution in [0.2, 0.25) is 0 Å². The number of aromatic carboxylic acids is 1. The summed E-state index contributed by atoms with van der Waals surface area (Å²) in [6, 6.07) is 6.99. The highest BCUT2D eigenvalue weighted by molar-refractivity contribution is 9.10. The smallest absolute Gasteiger partial charge is 0.362 e. The number of ether oxygens (including phenoxy) is 1. The van der Waals surface area contributed by atoms with Crippen LogP contribution in [-0.4, -0.2) is 26.5 Å². The van der Waals surface area contributed by atoms with Crippen LogP contribution < -0.4 is 4.74 Å². The fourth-order valence-electron chi connectivity index (χ4n) is 1.08. The standard InChI is InChI=1S/C9H6BrN3O3/c10-5-2-1-3-6(4-5)16-8-7(9(14)15)11-13-12-8/h1-4H,(H,14,15)(H,11,12,13). The fraction of sp³-hybridized carbons (Fsp3) is 0. The topological polar surface area (TPSA) is 88.1 Å². The number of hydrogen-bond acceptors (Lipinski definition) is 4. The molecule has 0 spiro atoms. The molecule has 6 nitrogen and oxygen atoms in total. The first kappa shape index (κ1) is 10.6. The zero-order chi connectivity index (χ0) is 11.5. The summed E-state index contributed by atoms with van der Waals surface area (Å²) in [5, 5.41) is 17.9. The Kier molecular flexibility index (Phi) is 2.86. The monoisotopic (exact) mass is 283 g/mol. The zero-order valence-electron chi connectivity index (χ0n) is 7.85. The van der Waals surface area contributed by atoms with Gasteiger partial charge in [0.1, 0.15) is 5.75 Å². The van der Waals surface area contributed by atoms with Gasteiger partial charge in [-0.3, -0.25) is 0 Å². The van der Waals surface area contributed by atoms with E-state index in [4.69, 9.17) is 9.84 Å². The molecule has 0 amide bonds. The van der Waals surface area contributed by atoms with Gasteiger partial charge in [-0.2, -0.15) is 0 Å². The number of rotatable bonds is 3. The second-order valence-electron chi connectivity index (χ2n) is 2.85. The van der Waals surface area contributed by atoms with Crippen molar-refractivity contribution in [2.45, 2.75) is 0 Å². The lowest BCUT2D eigenvalue weighted by Crippen LogP contribution is -1.99. The molecule has 0 aliphatic rings. The van der Waals surface area contributed by atoms with E-state index in [-0.39, 0.29) is 11.6 Å². The van der Waals surface area contributed by atoms with Crippen LogP contribution in [0.5, 0.6) is 11.6 Å². The molecule has 0 radical (unpaired) electrons. The van der Waals surface area contributed by atoms with Crippen LogP contribution in [0.4, 0.5) is 0 Å². The quantitative estimate of drug-likeness (QED) is 0.900. The van der Waals surface area contributed by atoms with E-state index in [0.29, 0.717) is 5.75 Å². The van der Waals surface area contributed by atoms with Gasteiger partial charge in [0.2, 0.25) is 5.69 Å². The molecule has 2 aromatic rings. The zero-order valence-corrected chi connectivity index (χ0v) is 9.43. The highest BCUT2D eigenvalue weighted by Gasteiger charge is 2.16. The van der Waals surface area contributed by atoms with Crippen LogP contribution in [0, 0.1) is 0 Å². The highest BCUT2D eigenvalue weighted by atomic mass is 79.9. The fourth-order valence-corrected chi connectivity index (χ4v) is 1.46. The third-order valence-electron chi connectivity index (χ3n) is 1.74. The molecular weight excluding hydrogens is 278 g/mol. The summed E-state index contributed by atoms with van der Waals surface area (Å²) in [6.45, 7) is 0. The Hall–Kier alpha value is -1.89. The molecule has 1 aromatic heterocycles. The van der Waals surface area contributed by atoms with Gasteiger partial charge >= 0.3 is 5.97 Å². The van der Waals surface area contributed by atoms with Gasteiger partial charge in [0.05, 0.1) is 0 Å². The Morgan fingerprint density at radius 1 is 1.50 bits per heavy atom. The number of carboxylic acids is 1. The molecule has 0 aliphatic heterocycles. The van der Waals surface area contributed by atoms with Gasteiger partial charge in [-0.1, -0.05) is 27.2 Å². The third kappa shape index (κ3) is 2.19. The van der Waals surface area contributed by atoms with Gasteiger partial charge in [0.15, 0.2) is 0 Å². The maximum atomic E-state index is 10.7. The number of nitrogens with one attached hydrogen (secondary N) is 1. The minimum Gasteiger partial charge on any atom is -0.476 e. The van der Waals surface area contributed by atoms with E-state index in [2.05, 4.69) is 31.3 Å². The average Bonchev–Trinajstić information content (AvgIpc) is 2.66. The van der Waals surface area contributed by atoms with Crippen molar-refractivity contribution in [2.24, 2.45) is 0 Å².